The summed E-state index contributed by atoms with van der Waals surface area (Å²) < 4.78 is 5.27. The summed E-state index contributed by atoms with van der Waals surface area (Å²) >= 11 is 0. The van der Waals surface area contributed by atoms with Gasteiger partial charge in [0.1, 0.15) is 0 Å². The zero-order valence-electron chi connectivity index (χ0n) is 13.4. The molecule has 1 atom stereocenters. The predicted octanol–water partition coefficient (Wildman–Crippen LogP) is 0.953. The zero-order valence-corrected chi connectivity index (χ0v) is 13.4. The number of benzene rings is 1. The second-order valence-electron chi connectivity index (χ2n) is 6.18. The molecule has 2 N–H and O–H groups in total. The number of anilines is 1. The van der Waals surface area contributed by atoms with Crippen molar-refractivity contribution in [2.75, 3.05) is 44.7 Å². The number of hydrogen-bond acceptors (Lipinski definition) is 4. The number of carbonyl (C=O) groups is 2. The monoisotopic (exact) mass is 317 g/mol. The van der Waals surface area contributed by atoms with Crippen molar-refractivity contribution < 1.29 is 14.3 Å². The predicted molar refractivity (Wildman–Crippen MR) is 87.3 cm³/mol. The summed E-state index contributed by atoms with van der Waals surface area (Å²) in [5.41, 5.74) is 1.27. The summed E-state index contributed by atoms with van der Waals surface area (Å²) in [6, 6.07) is 7.16. The maximum atomic E-state index is 12.5. The van der Waals surface area contributed by atoms with E-state index in [9.17, 15) is 9.59 Å². The topological polar surface area (TPSA) is 70.7 Å². The van der Waals surface area contributed by atoms with Crippen molar-refractivity contribution >= 4 is 17.5 Å². The van der Waals surface area contributed by atoms with Crippen LogP contribution in [0.1, 0.15) is 17.3 Å². The molecule has 2 saturated heterocycles. The average Bonchev–Trinajstić information content (AvgIpc) is 2.53. The van der Waals surface area contributed by atoms with Crippen LogP contribution in [-0.4, -0.2) is 56.1 Å². The number of rotatable bonds is 4. The van der Waals surface area contributed by atoms with Crippen LogP contribution in [0.15, 0.2) is 24.3 Å². The molecule has 2 aliphatic rings. The van der Waals surface area contributed by atoms with E-state index in [1.165, 1.54) is 0 Å². The van der Waals surface area contributed by atoms with Gasteiger partial charge in [-0.25, -0.2) is 0 Å². The third-order valence-corrected chi connectivity index (χ3v) is 4.61. The van der Waals surface area contributed by atoms with Gasteiger partial charge < -0.3 is 20.3 Å². The standard InChI is InChI=1S/C17H23N3O3/c1-12(14-10-18-11-14)16(21)19-15-4-2-3-13(9-15)17(22)20-5-7-23-8-6-20/h2-4,9,12,14,18H,5-8,10-11H2,1H3,(H,19,21). The van der Waals surface area contributed by atoms with Gasteiger partial charge in [-0.05, 0) is 37.2 Å². The highest BCUT2D eigenvalue weighted by Crippen LogP contribution is 2.19. The minimum atomic E-state index is -0.0325. The Balaban J connectivity index is 1.64. The third-order valence-electron chi connectivity index (χ3n) is 4.61. The van der Waals surface area contributed by atoms with Crippen LogP contribution in [0.2, 0.25) is 0 Å². The first-order valence-electron chi connectivity index (χ1n) is 8.14. The lowest BCUT2D eigenvalue weighted by Gasteiger charge is -2.31. The minimum Gasteiger partial charge on any atom is -0.378 e. The van der Waals surface area contributed by atoms with Crippen LogP contribution in [0.5, 0.6) is 0 Å². The molecule has 2 fully saturated rings. The van der Waals surface area contributed by atoms with Gasteiger partial charge >= 0.3 is 0 Å². The van der Waals surface area contributed by atoms with Crippen molar-refractivity contribution in [3.8, 4) is 0 Å². The van der Waals surface area contributed by atoms with Gasteiger partial charge in [0.2, 0.25) is 5.91 Å². The van der Waals surface area contributed by atoms with Gasteiger partial charge in [-0.2, -0.15) is 0 Å². The first-order valence-corrected chi connectivity index (χ1v) is 8.14. The van der Waals surface area contributed by atoms with Crippen LogP contribution in [-0.2, 0) is 9.53 Å². The lowest BCUT2D eigenvalue weighted by atomic mass is 9.88. The summed E-state index contributed by atoms with van der Waals surface area (Å²) in [7, 11) is 0. The molecule has 0 aliphatic carbocycles. The van der Waals surface area contributed by atoms with Crippen LogP contribution in [0, 0.1) is 11.8 Å². The van der Waals surface area contributed by atoms with E-state index in [0.717, 1.165) is 13.1 Å². The Hall–Kier alpha value is -1.92. The Morgan fingerprint density at radius 3 is 2.70 bits per heavy atom. The molecule has 0 bridgehead atoms. The molecule has 0 radical (unpaired) electrons. The second-order valence-corrected chi connectivity index (χ2v) is 6.18. The summed E-state index contributed by atoms with van der Waals surface area (Å²) in [6.07, 6.45) is 0. The van der Waals surface area contributed by atoms with E-state index in [2.05, 4.69) is 10.6 Å². The van der Waals surface area contributed by atoms with Crippen molar-refractivity contribution in [3.63, 3.8) is 0 Å². The van der Waals surface area contributed by atoms with Gasteiger partial charge in [0.05, 0.1) is 13.2 Å². The maximum Gasteiger partial charge on any atom is 0.254 e. The molecule has 0 spiro atoms. The smallest absolute Gasteiger partial charge is 0.254 e. The molecule has 6 heteroatoms. The summed E-state index contributed by atoms with van der Waals surface area (Å²) in [5, 5.41) is 6.11. The summed E-state index contributed by atoms with van der Waals surface area (Å²) in [6.45, 7) is 6.12. The molecule has 2 amide bonds. The largest absolute Gasteiger partial charge is 0.378 e. The fourth-order valence-corrected chi connectivity index (χ4v) is 2.81. The number of nitrogens with one attached hydrogen (secondary N) is 2. The van der Waals surface area contributed by atoms with Crippen molar-refractivity contribution in [3.05, 3.63) is 29.8 Å². The average molecular weight is 317 g/mol. The fraction of sp³-hybridized carbons (Fsp3) is 0.529. The van der Waals surface area contributed by atoms with E-state index < -0.39 is 0 Å². The van der Waals surface area contributed by atoms with E-state index in [4.69, 9.17) is 4.74 Å². The minimum absolute atomic E-state index is 0.00692. The van der Waals surface area contributed by atoms with E-state index >= 15 is 0 Å². The molecule has 2 aliphatic heterocycles. The molecule has 0 aromatic heterocycles. The Morgan fingerprint density at radius 1 is 1.30 bits per heavy atom. The van der Waals surface area contributed by atoms with Crippen LogP contribution < -0.4 is 10.6 Å². The van der Waals surface area contributed by atoms with Crippen LogP contribution in [0.4, 0.5) is 5.69 Å². The number of ether oxygens (including phenoxy) is 1. The lowest BCUT2D eigenvalue weighted by molar-refractivity contribution is -0.121. The van der Waals surface area contributed by atoms with Gasteiger partial charge in [-0.1, -0.05) is 13.0 Å². The number of carbonyl (C=O) groups excluding carboxylic acids is 2. The van der Waals surface area contributed by atoms with Crippen molar-refractivity contribution in [1.82, 2.24) is 10.2 Å². The van der Waals surface area contributed by atoms with Gasteiger partial charge in [-0.3, -0.25) is 9.59 Å². The Kier molecular flexibility index (Phi) is 4.93. The SMILES string of the molecule is CC(C(=O)Nc1cccc(C(=O)N2CCOCC2)c1)C1CNC1. The highest BCUT2D eigenvalue weighted by molar-refractivity contribution is 5.97. The Labute approximate surface area is 136 Å². The van der Waals surface area contributed by atoms with Gasteiger partial charge in [-0.15, -0.1) is 0 Å². The molecule has 0 saturated carbocycles. The lowest BCUT2D eigenvalue weighted by Crippen LogP contribution is -2.48. The molecule has 124 valence electrons. The summed E-state index contributed by atoms with van der Waals surface area (Å²) in [4.78, 5) is 26.5. The molecule has 23 heavy (non-hydrogen) atoms. The number of morpholine rings is 1. The molecule has 6 nitrogen and oxygen atoms in total. The quantitative estimate of drug-likeness (QED) is 0.867. The van der Waals surface area contributed by atoms with E-state index in [0.29, 0.717) is 43.5 Å². The molecular weight excluding hydrogens is 294 g/mol. The second kappa shape index (κ2) is 7.10. The van der Waals surface area contributed by atoms with Crippen molar-refractivity contribution in [1.29, 1.82) is 0 Å². The fourth-order valence-electron chi connectivity index (χ4n) is 2.81. The van der Waals surface area contributed by atoms with Crippen LogP contribution in [0.25, 0.3) is 0 Å². The molecule has 1 unspecified atom stereocenters. The number of amides is 2. The molecule has 3 rings (SSSR count). The first-order chi connectivity index (χ1) is 11.1. The van der Waals surface area contributed by atoms with Crippen molar-refractivity contribution in [2.45, 2.75) is 6.92 Å². The normalized spacial score (nSPS) is 19.8. The Morgan fingerprint density at radius 2 is 2.04 bits per heavy atom. The Bertz CT molecular complexity index is 580. The highest BCUT2D eigenvalue weighted by atomic mass is 16.5. The summed E-state index contributed by atoms with van der Waals surface area (Å²) in [5.74, 6) is 0.358. The maximum absolute atomic E-state index is 12.5. The number of nitrogens with zero attached hydrogens (tertiary/aromatic N) is 1. The van der Waals surface area contributed by atoms with Gasteiger partial charge in [0.25, 0.3) is 5.91 Å². The third kappa shape index (κ3) is 3.71. The van der Waals surface area contributed by atoms with E-state index in [1.54, 1.807) is 23.1 Å². The first kappa shape index (κ1) is 16.0. The zero-order chi connectivity index (χ0) is 16.2. The van der Waals surface area contributed by atoms with Crippen LogP contribution >= 0.6 is 0 Å². The molecule has 1 aromatic rings. The number of hydrogen-bond donors (Lipinski definition) is 2. The van der Waals surface area contributed by atoms with Crippen LogP contribution in [0.3, 0.4) is 0 Å². The van der Waals surface area contributed by atoms with Crippen molar-refractivity contribution in [2.24, 2.45) is 11.8 Å². The van der Waals surface area contributed by atoms with Gasteiger partial charge in [0, 0.05) is 30.3 Å². The van der Waals surface area contributed by atoms with E-state index in [1.807, 2.05) is 13.0 Å². The highest BCUT2D eigenvalue weighted by Gasteiger charge is 2.28. The van der Waals surface area contributed by atoms with Gasteiger partial charge in [0.15, 0.2) is 0 Å². The molecule has 1 aromatic carbocycles. The molecule has 2 heterocycles. The molecular formula is C17H23N3O3. The van der Waals surface area contributed by atoms with E-state index in [-0.39, 0.29) is 17.7 Å².